The van der Waals surface area contributed by atoms with Gasteiger partial charge in [-0.15, -0.1) is 10.2 Å². The Balaban J connectivity index is 2.53. The Hall–Kier alpha value is -1.69. The number of aromatic nitrogens is 2. The van der Waals surface area contributed by atoms with Crippen LogP contribution in [0.3, 0.4) is 0 Å². The molecule has 0 bridgehead atoms. The number of nitrogens with zero attached hydrogens (tertiary/aromatic N) is 4. The van der Waals surface area contributed by atoms with Gasteiger partial charge in [0, 0.05) is 27.2 Å². The second-order valence-corrected chi connectivity index (χ2v) is 4.23. The van der Waals surface area contributed by atoms with E-state index < -0.39 is 0 Å². The maximum absolute atomic E-state index is 11.6. The van der Waals surface area contributed by atoms with E-state index in [1.165, 1.54) is 4.90 Å². The van der Waals surface area contributed by atoms with Crippen LogP contribution in [0, 0.1) is 0 Å². The minimum Gasteiger partial charge on any atom is -0.367 e. The number of carbonyl (C=O) groups excluding carboxylic acids is 1. The van der Waals surface area contributed by atoms with E-state index in [0.717, 1.165) is 13.1 Å². The van der Waals surface area contributed by atoms with Crippen LogP contribution in [0.1, 0.15) is 10.5 Å². The summed E-state index contributed by atoms with van der Waals surface area (Å²) in [5.74, 6) is 0.541. The van der Waals surface area contributed by atoms with Crippen LogP contribution in [0.4, 0.5) is 5.82 Å². The minimum absolute atomic E-state index is 0.141. The highest BCUT2D eigenvalue weighted by atomic mass is 16.2. The highest BCUT2D eigenvalue weighted by Crippen LogP contribution is 2.03. The molecule has 0 saturated carbocycles. The Morgan fingerprint density at radius 3 is 2.41 bits per heavy atom. The van der Waals surface area contributed by atoms with Gasteiger partial charge in [-0.25, -0.2) is 0 Å². The van der Waals surface area contributed by atoms with Crippen molar-refractivity contribution in [2.24, 2.45) is 0 Å². The Bertz CT molecular complexity index is 361. The summed E-state index contributed by atoms with van der Waals surface area (Å²) in [6, 6.07) is 3.44. The molecule has 1 rings (SSSR count). The molecule has 0 radical (unpaired) electrons. The second kappa shape index (κ2) is 6.15. The third-order valence-electron chi connectivity index (χ3n) is 2.15. The lowest BCUT2D eigenvalue weighted by molar-refractivity contribution is 0.0821. The van der Waals surface area contributed by atoms with E-state index in [1.54, 1.807) is 26.2 Å². The molecular formula is C11H19N5O. The minimum atomic E-state index is -0.141. The standard InChI is InChI=1S/C11H19N5O/c1-15(2)8-7-12-10-6-5-9(13-14-10)11(17)16(3)4/h5-6H,7-8H2,1-4H3,(H,12,14). The SMILES string of the molecule is CN(C)CCNc1ccc(C(=O)N(C)C)nn1. The average molecular weight is 237 g/mol. The van der Waals surface area contributed by atoms with Crippen LogP contribution < -0.4 is 5.32 Å². The fraction of sp³-hybridized carbons (Fsp3) is 0.545. The predicted molar refractivity (Wildman–Crippen MR) is 67.1 cm³/mol. The topological polar surface area (TPSA) is 61.4 Å². The molecule has 0 aliphatic heterocycles. The molecule has 94 valence electrons. The van der Waals surface area contributed by atoms with E-state index in [9.17, 15) is 4.79 Å². The third-order valence-corrected chi connectivity index (χ3v) is 2.15. The van der Waals surface area contributed by atoms with E-state index in [-0.39, 0.29) is 5.91 Å². The molecule has 1 aromatic heterocycles. The van der Waals surface area contributed by atoms with Crippen molar-refractivity contribution >= 4 is 11.7 Å². The fourth-order valence-corrected chi connectivity index (χ4v) is 1.18. The Labute approximate surface area is 102 Å². The molecule has 0 aliphatic carbocycles. The molecule has 0 aromatic carbocycles. The van der Waals surface area contributed by atoms with Crippen molar-refractivity contribution < 1.29 is 4.79 Å². The van der Waals surface area contributed by atoms with Crippen LogP contribution in [-0.4, -0.2) is 67.2 Å². The van der Waals surface area contributed by atoms with Crippen LogP contribution in [-0.2, 0) is 0 Å². The van der Waals surface area contributed by atoms with Crippen molar-refractivity contribution in [2.45, 2.75) is 0 Å². The average Bonchev–Trinajstić information content (AvgIpc) is 2.28. The van der Waals surface area contributed by atoms with Gasteiger partial charge in [0.05, 0.1) is 0 Å². The van der Waals surface area contributed by atoms with Crippen LogP contribution in [0.25, 0.3) is 0 Å². The molecule has 0 atom stereocenters. The van der Waals surface area contributed by atoms with Gasteiger partial charge in [-0.05, 0) is 26.2 Å². The summed E-state index contributed by atoms with van der Waals surface area (Å²) in [4.78, 5) is 15.1. The van der Waals surface area contributed by atoms with Crippen LogP contribution in [0.5, 0.6) is 0 Å². The summed E-state index contributed by atoms with van der Waals surface area (Å²) in [5, 5.41) is 11.0. The largest absolute Gasteiger partial charge is 0.367 e. The summed E-state index contributed by atoms with van der Waals surface area (Å²) in [7, 11) is 7.39. The molecule has 1 amide bonds. The van der Waals surface area contributed by atoms with Crippen molar-refractivity contribution in [1.29, 1.82) is 0 Å². The molecule has 0 fully saturated rings. The van der Waals surface area contributed by atoms with Crippen molar-refractivity contribution in [3.63, 3.8) is 0 Å². The maximum atomic E-state index is 11.6. The van der Waals surface area contributed by atoms with Gasteiger partial charge in [-0.3, -0.25) is 4.79 Å². The highest BCUT2D eigenvalue weighted by molar-refractivity contribution is 5.91. The van der Waals surface area contributed by atoms with Gasteiger partial charge < -0.3 is 15.1 Å². The lowest BCUT2D eigenvalue weighted by Crippen LogP contribution is -2.24. The van der Waals surface area contributed by atoms with Crippen molar-refractivity contribution in [3.05, 3.63) is 17.8 Å². The first-order valence-corrected chi connectivity index (χ1v) is 5.44. The molecular weight excluding hydrogens is 218 g/mol. The first-order chi connectivity index (χ1) is 8.00. The number of carbonyl (C=O) groups is 1. The van der Waals surface area contributed by atoms with Gasteiger partial charge in [-0.2, -0.15) is 0 Å². The van der Waals surface area contributed by atoms with Gasteiger partial charge in [0.15, 0.2) is 5.69 Å². The molecule has 0 saturated heterocycles. The second-order valence-electron chi connectivity index (χ2n) is 4.23. The zero-order valence-corrected chi connectivity index (χ0v) is 10.8. The predicted octanol–water partition coefficient (Wildman–Crippen LogP) is 0.152. The van der Waals surface area contributed by atoms with Crippen molar-refractivity contribution in [3.8, 4) is 0 Å². The smallest absolute Gasteiger partial charge is 0.273 e. The van der Waals surface area contributed by atoms with E-state index in [4.69, 9.17) is 0 Å². The molecule has 17 heavy (non-hydrogen) atoms. The zero-order valence-electron chi connectivity index (χ0n) is 10.8. The first-order valence-electron chi connectivity index (χ1n) is 5.44. The van der Waals surface area contributed by atoms with Gasteiger partial charge in [0.2, 0.25) is 0 Å². The van der Waals surface area contributed by atoms with Crippen molar-refractivity contribution in [2.75, 3.05) is 46.6 Å². The quantitative estimate of drug-likeness (QED) is 0.790. The van der Waals surface area contributed by atoms with Gasteiger partial charge in [0.25, 0.3) is 5.91 Å². The Kier molecular flexibility index (Phi) is 4.84. The molecule has 0 aliphatic rings. The molecule has 1 N–H and O–H groups in total. The lowest BCUT2D eigenvalue weighted by Gasteiger charge is -2.11. The number of rotatable bonds is 5. The molecule has 1 aromatic rings. The Morgan fingerprint density at radius 1 is 1.24 bits per heavy atom. The van der Waals surface area contributed by atoms with E-state index in [0.29, 0.717) is 11.5 Å². The van der Waals surface area contributed by atoms with Crippen LogP contribution in [0.2, 0.25) is 0 Å². The summed E-state index contributed by atoms with van der Waals surface area (Å²) < 4.78 is 0. The van der Waals surface area contributed by atoms with Crippen LogP contribution in [0.15, 0.2) is 12.1 Å². The number of nitrogens with one attached hydrogen (secondary N) is 1. The van der Waals surface area contributed by atoms with Crippen molar-refractivity contribution in [1.82, 2.24) is 20.0 Å². The van der Waals surface area contributed by atoms with Gasteiger partial charge >= 0.3 is 0 Å². The molecule has 1 heterocycles. The van der Waals surface area contributed by atoms with E-state index >= 15 is 0 Å². The summed E-state index contributed by atoms with van der Waals surface area (Å²) in [6.45, 7) is 1.71. The molecule has 6 heteroatoms. The zero-order chi connectivity index (χ0) is 12.8. The lowest BCUT2D eigenvalue weighted by atomic mass is 10.3. The highest BCUT2D eigenvalue weighted by Gasteiger charge is 2.09. The monoisotopic (exact) mass is 237 g/mol. The fourth-order valence-electron chi connectivity index (χ4n) is 1.18. The number of amides is 1. The maximum Gasteiger partial charge on any atom is 0.273 e. The third kappa shape index (κ3) is 4.36. The number of hydrogen-bond acceptors (Lipinski definition) is 5. The number of likely N-dealkylation sites (N-methyl/N-ethyl adjacent to an activating group) is 1. The summed E-state index contributed by atoms with van der Waals surface area (Å²) in [6.07, 6.45) is 0. The summed E-state index contributed by atoms with van der Waals surface area (Å²) in [5.41, 5.74) is 0.355. The van der Waals surface area contributed by atoms with Crippen LogP contribution >= 0.6 is 0 Å². The molecule has 0 unspecified atom stereocenters. The number of hydrogen-bond donors (Lipinski definition) is 1. The Morgan fingerprint density at radius 2 is 1.94 bits per heavy atom. The number of anilines is 1. The summed E-state index contributed by atoms with van der Waals surface area (Å²) >= 11 is 0. The first kappa shape index (κ1) is 13.4. The van der Waals surface area contributed by atoms with Gasteiger partial charge in [-0.1, -0.05) is 0 Å². The van der Waals surface area contributed by atoms with E-state index in [2.05, 4.69) is 20.4 Å². The van der Waals surface area contributed by atoms with Gasteiger partial charge in [0.1, 0.15) is 5.82 Å². The normalized spacial score (nSPS) is 10.4. The van der Waals surface area contributed by atoms with E-state index in [1.807, 2.05) is 14.1 Å². The molecule has 6 nitrogen and oxygen atoms in total. The molecule has 0 spiro atoms.